The van der Waals surface area contributed by atoms with E-state index >= 15 is 0 Å². The number of nitrogens with one attached hydrogen (secondary N) is 2. The van der Waals surface area contributed by atoms with Gasteiger partial charge in [-0.2, -0.15) is 5.10 Å². The van der Waals surface area contributed by atoms with Gasteiger partial charge in [0.15, 0.2) is 17.5 Å². The maximum atomic E-state index is 5.90. The third kappa shape index (κ3) is 6.14. The largest absolute Gasteiger partial charge is 0.490 e. The smallest absolute Gasteiger partial charge is 0.191 e. The van der Waals surface area contributed by atoms with E-state index in [0.717, 1.165) is 35.7 Å². The van der Waals surface area contributed by atoms with Crippen LogP contribution in [0.15, 0.2) is 29.5 Å². The topological polar surface area (TPSA) is 85.6 Å². The molecule has 0 aliphatic heterocycles. The van der Waals surface area contributed by atoms with Crippen LogP contribution in [0.3, 0.4) is 0 Å². The molecule has 1 aromatic heterocycles. The number of hydrogen-bond donors (Lipinski definition) is 2. The van der Waals surface area contributed by atoms with Crippen molar-refractivity contribution in [3.05, 3.63) is 35.9 Å². The minimum atomic E-state index is 0.0369. The van der Waals surface area contributed by atoms with Crippen molar-refractivity contribution in [1.82, 2.24) is 25.4 Å². The fourth-order valence-electron chi connectivity index (χ4n) is 2.58. The number of nitrogens with zero attached hydrogens (tertiary/aromatic N) is 4. The van der Waals surface area contributed by atoms with Gasteiger partial charge in [-0.1, -0.05) is 19.9 Å². The molecule has 0 amide bonds. The molecule has 8 heteroatoms. The summed E-state index contributed by atoms with van der Waals surface area (Å²) in [7, 11) is 3.61. The van der Waals surface area contributed by atoms with Crippen LogP contribution >= 0.6 is 0 Å². The quantitative estimate of drug-likeness (QED) is 0.481. The summed E-state index contributed by atoms with van der Waals surface area (Å²) >= 11 is 0. The fourth-order valence-corrected chi connectivity index (χ4v) is 2.58. The van der Waals surface area contributed by atoms with Gasteiger partial charge in [-0.15, -0.1) is 0 Å². The van der Waals surface area contributed by atoms with E-state index in [0.29, 0.717) is 25.7 Å². The number of aryl methyl sites for hydroxylation is 1. The Balaban J connectivity index is 2.04. The second-order valence-corrected chi connectivity index (χ2v) is 6.49. The first-order chi connectivity index (χ1) is 13.6. The van der Waals surface area contributed by atoms with Gasteiger partial charge in [-0.25, -0.2) is 4.98 Å². The van der Waals surface area contributed by atoms with Crippen molar-refractivity contribution >= 4 is 5.96 Å². The first-order valence-electron chi connectivity index (χ1n) is 9.78. The highest BCUT2D eigenvalue weighted by Gasteiger charge is 2.13. The molecular formula is C20H32N6O2. The predicted octanol–water partition coefficient (Wildman–Crippen LogP) is 2.82. The summed E-state index contributed by atoms with van der Waals surface area (Å²) in [5.41, 5.74) is 1.09. The lowest BCUT2D eigenvalue weighted by molar-refractivity contribution is 0.268. The average molecular weight is 389 g/mol. The van der Waals surface area contributed by atoms with Crippen LogP contribution in [-0.2, 0) is 13.6 Å². The molecule has 2 aromatic rings. The maximum Gasteiger partial charge on any atom is 0.191 e. The van der Waals surface area contributed by atoms with Crippen LogP contribution in [-0.4, -0.2) is 41.0 Å². The van der Waals surface area contributed by atoms with Crippen molar-refractivity contribution in [1.29, 1.82) is 0 Å². The highest BCUT2D eigenvalue weighted by molar-refractivity contribution is 5.80. The SMILES string of the molecule is CCCOc1ccc(C(C)NC(=NC)NCc2ncnn2C)cc1OCCC. The van der Waals surface area contributed by atoms with Gasteiger partial charge in [-0.05, 0) is 37.5 Å². The summed E-state index contributed by atoms with van der Waals surface area (Å²) < 4.78 is 13.4. The van der Waals surface area contributed by atoms with Gasteiger partial charge in [-0.3, -0.25) is 9.67 Å². The molecule has 0 aliphatic carbocycles. The lowest BCUT2D eigenvalue weighted by Crippen LogP contribution is -2.38. The zero-order valence-corrected chi connectivity index (χ0v) is 17.5. The molecule has 0 bridgehead atoms. The van der Waals surface area contributed by atoms with Gasteiger partial charge in [0.05, 0.1) is 25.8 Å². The minimum Gasteiger partial charge on any atom is -0.490 e. The molecule has 8 nitrogen and oxygen atoms in total. The Morgan fingerprint density at radius 3 is 2.50 bits per heavy atom. The van der Waals surface area contributed by atoms with Crippen LogP contribution in [0.4, 0.5) is 0 Å². The van der Waals surface area contributed by atoms with Crippen LogP contribution in [0.25, 0.3) is 0 Å². The van der Waals surface area contributed by atoms with Crippen LogP contribution in [0.1, 0.15) is 51.0 Å². The van der Waals surface area contributed by atoms with E-state index in [1.807, 2.05) is 19.2 Å². The van der Waals surface area contributed by atoms with Crippen molar-refractivity contribution in [2.45, 2.75) is 46.2 Å². The van der Waals surface area contributed by atoms with Gasteiger partial charge in [0.2, 0.25) is 0 Å². The van der Waals surface area contributed by atoms with Crippen molar-refractivity contribution in [2.24, 2.45) is 12.0 Å². The summed E-state index contributed by atoms with van der Waals surface area (Å²) in [4.78, 5) is 8.50. The summed E-state index contributed by atoms with van der Waals surface area (Å²) in [6.45, 7) is 8.14. The Kier molecular flexibility index (Phi) is 8.58. The Morgan fingerprint density at radius 1 is 1.18 bits per heavy atom. The molecule has 0 fully saturated rings. The molecule has 0 saturated carbocycles. The molecule has 1 atom stereocenters. The van der Waals surface area contributed by atoms with Crippen LogP contribution < -0.4 is 20.1 Å². The fraction of sp³-hybridized carbons (Fsp3) is 0.550. The van der Waals surface area contributed by atoms with Crippen molar-refractivity contribution < 1.29 is 9.47 Å². The molecule has 0 aliphatic rings. The summed E-state index contributed by atoms with van der Waals surface area (Å²) in [6, 6.07) is 6.10. The van der Waals surface area contributed by atoms with Crippen molar-refractivity contribution in [3.8, 4) is 11.5 Å². The zero-order valence-electron chi connectivity index (χ0n) is 17.5. The number of rotatable bonds is 10. The lowest BCUT2D eigenvalue weighted by atomic mass is 10.1. The van der Waals surface area contributed by atoms with Crippen LogP contribution in [0.5, 0.6) is 11.5 Å². The van der Waals surface area contributed by atoms with Gasteiger partial charge >= 0.3 is 0 Å². The summed E-state index contributed by atoms with van der Waals surface area (Å²) in [6.07, 6.45) is 3.44. The third-order valence-electron chi connectivity index (χ3n) is 4.19. The molecule has 28 heavy (non-hydrogen) atoms. The van der Waals surface area contributed by atoms with E-state index in [1.54, 1.807) is 11.7 Å². The summed E-state index contributed by atoms with van der Waals surface area (Å²) in [5, 5.41) is 10.7. The second-order valence-electron chi connectivity index (χ2n) is 6.49. The number of guanidine groups is 1. The molecule has 0 radical (unpaired) electrons. The predicted molar refractivity (Wildman–Crippen MR) is 111 cm³/mol. The van der Waals surface area contributed by atoms with E-state index in [2.05, 4.69) is 52.5 Å². The molecule has 154 valence electrons. The standard InChI is InChI=1S/C20H32N6O2/c1-6-10-27-17-9-8-16(12-18(17)28-11-7-2)15(3)25-20(21-4)22-13-19-23-14-24-26(19)5/h8-9,12,14-15H,6-7,10-11,13H2,1-5H3,(H2,21,22,25). The number of ether oxygens (including phenoxy) is 2. The van der Waals surface area contributed by atoms with Gasteiger partial charge in [0.25, 0.3) is 0 Å². The molecule has 1 heterocycles. The molecule has 0 saturated heterocycles. The van der Waals surface area contributed by atoms with E-state index in [9.17, 15) is 0 Å². The minimum absolute atomic E-state index is 0.0369. The number of aromatic nitrogens is 3. The molecular weight excluding hydrogens is 356 g/mol. The molecule has 1 unspecified atom stereocenters. The van der Waals surface area contributed by atoms with Crippen LogP contribution in [0, 0.1) is 0 Å². The lowest BCUT2D eigenvalue weighted by Gasteiger charge is -2.20. The van der Waals surface area contributed by atoms with E-state index in [-0.39, 0.29) is 6.04 Å². The third-order valence-corrected chi connectivity index (χ3v) is 4.19. The van der Waals surface area contributed by atoms with E-state index in [4.69, 9.17) is 9.47 Å². The van der Waals surface area contributed by atoms with Crippen molar-refractivity contribution in [2.75, 3.05) is 20.3 Å². The van der Waals surface area contributed by atoms with E-state index < -0.39 is 0 Å². The van der Waals surface area contributed by atoms with Crippen molar-refractivity contribution in [3.63, 3.8) is 0 Å². The number of hydrogen-bond acceptors (Lipinski definition) is 5. The maximum absolute atomic E-state index is 5.90. The van der Waals surface area contributed by atoms with Crippen LogP contribution in [0.2, 0.25) is 0 Å². The number of aliphatic imine (C=N–C) groups is 1. The molecule has 0 spiro atoms. The average Bonchev–Trinajstić information content (AvgIpc) is 3.12. The molecule has 2 rings (SSSR count). The first-order valence-corrected chi connectivity index (χ1v) is 9.78. The zero-order chi connectivity index (χ0) is 20.4. The first kappa shape index (κ1) is 21.5. The Bertz CT molecular complexity index is 759. The monoisotopic (exact) mass is 388 g/mol. The molecule has 2 N–H and O–H groups in total. The molecule has 1 aromatic carbocycles. The second kappa shape index (κ2) is 11.2. The van der Waals surface area contributed by atoms with E-state index in [1.165, 1.54) is 6.33 Å². The highest BCUT2D eigenvalue weighted by Crippen LogP contribution is 2.31. The Hall–Kier alpha value is -2.77. The normalized spacial score (nSPS) is 12.5. The van der Waals surface area contributed by atoms with Gasteiger partial charge < -0.3 is 20.1 Å². The highest BCUT2D eigenvalue weighted by atomic mass is 16.5. The Labute approximate surface area is 167 Å². The number of benzene rings is 1. The summed E-state index contributed by atoms with van der Waals surface area (Å²) in [5.74, 6) is 3.10. The van der Waals surface area contributed by atoms with Gasteiger partial charge in [0, 0.05) is 14.1 Å². The Morgan fingerprint density at radius 2 is 1.89 bits per heavy atom. The van der Waals surface area contributed by atoms with Gasteiger partial charge in [0.1, 0.15) is 12.2 Å².